The number of anilines is 2. The highest BCUT2D eigenvalue weighted by molar-refractivity contribution is 7.80. The second kappa shape index (κ2) is 8.31. The minimum Gasteiger partial charge on any atom is -0.465 e. The van der Waals surface area contributed by atoms with Gasteiger partial charge in [0.05, 0.1) is 23.4 Å². The van der Waals surface area contributed by atoms with Crippen LogP contribution >= 0.6 is 35.2 Å². The van der Waals surface area contributed by atoms with E-state index in [2.05, 4.69) is 10.6 Å². The van der Waals surface area contributed by atoms with Crippen LogP contribution in [0.2, 0.25) is 5.02 Å². The summed E-state index contributed by atoms with van der Waals surface area (Å²) in [4.78, 5) is 13.1. The maximum atomic E-state index is 12.1. The molecular formula is C19H15ClN2O2S2. The molecular weight excluding hydrogens is 388 g/mol. The first-order valence-electron chi connectivity index (χ1n) is 7.68. The van der Waals surface area contributed by atoms with Gasteiger partial charge < -0.3 is 15.4 Å². The number of halogens is 1. The summed E-state index contributed by atoms with van der Waals surface area (Å²) in [6.07, 6.45) is 0. The fourth-order valence-corrected chi connectivity index (χ4v) is 3.82. The highest BCUT2D eigenvalue weighted by atomic mass is 35.5. The Morgan fingerprint density at radius 2 is 1.77 bits per heavy atom. The van der Waals surface area contributed by atoms with Crippen LogP contribution in [0.1, 0.15) is 10.4 Å². The predicted molar refractivity (Wildman–Crippen MR) is 112 cm³/mol. The van der Waals surface area contributed by atoms with E-state index in [1.54, 1.807) is 12.1 Å². The summed E-state index contributed by atoms with van der Waals surface area (Å²) in [6.45, 7) is 0. The zero-order valence-corrected chi connectivity index (χ0v) is 16.2. The average Bonchev–Trinajstić information content (AvgIpc) is 3.07. The molecule has 0 spiro atoms. The molecule has 3 aromatic rings. The first kappa shape index (κ1) is 18.4. The molecule has 0 amide bonds. The summed E-state index contributed by atoms with van der Waals surface area (Å²) in [5.41, 5.74) is 2.13. The van der Waals surface area contributed by atoms with Gasteiger partial charge in [-0.05, 0) is 36.0 Å². The summed E-state index contributed by atoms with van der Waals surface area (Å²) < 4.78 is 4.89. The third-order valence-corrected chi connectivity index (χ3v) is 5.18. The highest BCUT2D eigenvalue weighted by Crippen LogP contribution is 2.36. The molecule has 0 aliphatic carbocycles. The second-order valence-electron chi connectivity index (χ2n) is 5.27. The number of ether oxygens (including phenoxy) is 1. The van der Waals surface area contributed by atoms with Gasteiger partial charge in [0.25, 0.3) is 0 Å². The van der Waals surface area contributed by atoms with Crippen LogP contribution < -0.4 is 10.6 Å². The Morgan fingerprint density at radius 1 is 1.08 bits per heavy atom. The third-order valence-electron chi connectivity index (χ3n) is 3.54. The number of esters is 1. The molecule has 0 radical (unpaired) electrons. The van der Waals surface area contributed by atoms with E-state index in [4.69, 9.17) is 28.6 Å². The molecule has 132 valence electrons. The van der Waals surface area contributed by atoms with Crippen LogP contribution in [0, 0.1) is 0 Å². The molecule has 0 saturated heterocycles. The van der Waals surface area contributed by atoms with Crippen LogP contribution in [-0.2, 0) is 4.74 Å². The van der Waals surface area contributed by atoms with E-state index in [0.29, 0.717) is 26.4 Å². The summed E-state index contributed by atoms with van der Waals surface area (Å²) in [7, 11) is 1.35. The first-order valence-corrected chi connectivity index (χ1v) is 9.29. The van der Waals surface area contributed by atoms with Gasteiger partial charge in [-0.1, -0.05) is 54.1 Å². The van der Waals surface area contributed by atoms with Gasteiger partial charge in [-0.25, -0.2) is 4.79 Å². The molecule has 1 aromatic heterocycles. The number of carbonyl (C=O) groups is 1. The smallest absolute Gasteiger partial charge is 0.340 e. The molecule has 0 fully saturated rings. The number of carbonyl (C=O) groups excluding carboxylic acids is 1. The normalized spacial score (nSPS) is 10.2. The minimum atomic E-state index is -0.425. The van der Waals surface area contributed by atoms with Gasteiger partial charge in [0.15, 0.2) is 5.11 Å². The van der Waals surface area contributed by atoms with Gasteiger partial charge in [0.2, 0.25) is 0 Å². The molecule has 0 aliphatic heterocycles. The number of benzene rings is 2. The van der Waals surface area contributed by atoms with E-state index in [9.17, 15) is 4.79 Å². The zero-order valence-electron chi connectivity index (χ0n) is 13.8. The predicted octanol–water partition coefficient (Wildman–Crippen LogP) is 5.66. The number of thiocarbonyl (C=S) groups is 1. The average molecular weight is 403 g/mol. The number of hydrogen-bond acceptors (Lipinski definition) is 4. The Labute approximate surface area is 165 Å². The van der Waals surface area contributed by atoms with Gasteiger partial charge in [0.1, 0.15) is 5.00 Å². The van der Waals surface area contributed by atoms with E-state index in [1.165, 1.54) is 18.4 Å². The number of methoxy groups -OCH3 is 1. The Bertz CT molecular complexity index is 942. The standard InChI is InChI=1S/C19H15ClN2O2S2/c1-24-18(23)13-11-16(12-7-3-2-4-8-12)26-17(13)22-19(25)21-15-10-6-5-9-14(15)20/h2-11H,1H3,(H2,21,22,25). The maximum Gasteiger partial charge on any atom is 0.340 e. The molecule has 1 heterocycles. The van der Waals surface area contributed by atoms with E-state index >= 15 is 0 Å². The number of hydrogen-bond donors (Lipinski definition) is 2. The van der Waals surface area contributed by atoms with Gasteiger partial charge in [-0.3, -0.25) is 0 Å². The SMILES string of the molecule is COC(=O)c1cc(-c2ccccc2)sc1NC(=S)Nc1ccccc1Cl. The van der Waals surface area contributed by atoms with E-state index in [0.717, 1.165) is 10.4 Å². The van der Waals surface area contributed by atoms with E-state index in [-0.39, 0.29) is 0 Å². The van der Waals surface area contributed by atoms with Crippen molar-refractivity contribution in [2.45, 2.75) is 0 Å². The Morgan fingerprint density at radius 3 is 2.46 bits per heavy atom. The van der Waals surface area contributed by atoms with Crippen molar-refractivity contribution in [1.29, 1.82) is 0 Å². The van der Waals surface area contributed by atoms with Gasteiger partial charge in [0, 0.05) is 4.88 Å². The van der Waals surface area contributed by atoms with E-state index in [1.807, 2.05) is 48.5 Å². The summed E-state index contributed by atoms with van der Waals surface area (Å²) in [5, 5.41) is 7.61. The zero-order chi connectivity index (χ0) is 18.5. The molecule has 0 atom stereocenters. The van der Waals surface area contributed by atoms with Crippen LogP contribution in [0.4, 0.5) is 10.7 Å². The summed E-state index contributed by atoms with van der Waals surface area (Å²) >= 11 is 12.9. The molecule has 0 aliphatic rings. The van der Waals surface area contributed by atoms with Crippen molar-refractivity contribution >= 4 is 56.9 Å². The maximum absolute atomic E-state index is 12.1. The van der Waals surface area contributed by atoms with Crippen LogP contribution in [-0.4, -0.2) is 18.2 Å². The second-order valence-corrected chi connectivity index (χ2v) is 7.14. The Balaban J connectivity index is 1.86. The summed E-state index contributed by atoms with van der Waals surface area (Å²) in [6, 6.07) is 18.9. The Kier molecular flexibility index (Phi) is 5.88. The lowest BCUT2D eigenvalue weighted by molar-refractivity contribution is 0.0602. The Hall–Kier alpha value is -2.41. The number of para-hydroxylation sites is 1. The van der Waals surface area contributed by atoms with Crippen molar-refractivity contribution in [3.05, 3.63) is 71.2 Å². The molecule has 0 unspecified atom stereocenters. The number of nitrogens with one attached hydrogen (secondary N) is 2. The van der Waals surface area contributed by atoms with Crippen LogP contribution in [0.15, 0.2) is 60.7 Å². The highest BCUT2D eigenvalue weighted by Gasteiger charge is 2.18. The van der Waals surface area contributed by atoms with Crippen molar-refractivity contribution in [2.24, 2.45) is 0 Å². The fraction of sp³-hybridized carbons (Fsp3) is 0.0526. The molecule has 2 N–H and O–H groups in total. The van der Waals surface area contributed by atoms with Crippen LogP contribution in [0.5, 0.6) is 0 Å². The largest absolute Gasteiger partial charge is 0.465 e. The lowest BCUT2D eigenvalue weighted by Gasteiger charge is -2.11. The molecule has 0 bridgehead atoms. The van der Waals surface area contributed by atoms with Gasteiger partial charge in [-0.2, -0.15) is 0 Å². The molecule has 3 rings (SSSR count). The number of thiophene rings is 1. The lowest BCUT2D eigenvalue weighted by atomic mass is 10.1. The number of rotatable bonds is 4. The van der Waals surface area contributed by atoms with Crippen LogP contribution in [0.25, 0.3) is 10.4 Å². The monoisotopic (exact) mass is 402 g/mol. The van der Waals surface area contributed by atoms with E-state index < -0.39 is 5.97 Å². The molecule has 0 saturated carbocycles. The van der Waals surface area contributed by atoms with Crippen molar-refractivity contribution in [1.82, 2.24) is 0 Å². The topological polar surface area (TPSA) is 50.4 Å². The lowest BCUT2D eigenvalue weighted by Crippen LogP contribution is -2.20. The first-order chi connectivity index (χ1) is 12.6. The molecule has 7 heteroatoms. The van der Waals surface area contributed by atoms with Crippen LogP contribution in [0.3, 0.4) is 0 Å². The molecule has 26 heavy (non-hydrogen) atoms. The van der Waals surface area contributed by atoms with Crippen molar-refractivity contribution in [2.75, 3.05) is 17.7 Å². The minimum absolute atomic E-state index is 0.338. The summed E-state index contributed by atoms with van der Waals surface area (Å²) in [5.74, 6) is -0.425. The fourth-order valence-electron chi connectivity index (χ4n) is 2.31. The van der Waals surface area contributed by atoms with Crippen molar-refractivity contribution < 1.29 is 9.53 Å². The van der Waals surface area contributed by atoms with Crippen molar-refractivity contribution in [3.63, 3.8) is 0 Å². The molecule has 4 nitrogen and oxygen atoms in total. The molecule has 2 aromatic carbocycles. The van der Waals surface area contributed by atoms with Gasteiger partial charge >= 0.3 is 5.97 Å². The van der Waals surface area contributed by atoms with Crippen molar-refractivity contribution in [3.8, 4) is 10.4 Å². The quantitative estimate of drug-likeness (QED) is 0.435. The van der Waals surface area contributed by atoms with Gasteiger partial charge in [-0.15, -0.1) is 11.3 Å². The third kappa shape index (κ3) is 4.22.